The SMILES string of the molecule is CC(C)CCN(Cc1ccc(C#N)cc1Cl)C1CCCC1. The molecule has 0 aliphatic heterocycles. The molecule has 1 aromatic carbocycles. The van der Waals surface area contributed by atoms with Gasteiger partial charge < -0.3 is 0 Å². The van der Waals surface area contributed by atoms with Crippen molar-refractivity contribution in [2.45, 2.75) is 58.5 Å². The Kier molecular flexibility index (Phi) is 6.08. The number of hydrogen-bond acceptors (Lipinski definition) is 2. The van der Waals surface area contributed by atoms with Crippen molar-refractivity contribution in [3.63, 3.8) is 0 Å². The van der Waals surface area contributed by atoms with Crippen molar-refractivity contribution < 1.29 is 0 Å². The largest absolute Gasteiger partial charge is 0.296 e. The number of nitriles is 1. The second-order valence-corrected chi connectivity index (χ2v) is 6.92. The van der Waals surface area contributed by atoms with Crippen LogP contribution in [0.25, 0.3) is 0 Å². The molecule has 1 saturated carbocycles. The van der Waals surface area contributed by atoms with Crippen LogP contribution in [0.2, 0.25) is 5.02 Å². The molecule has 1 aliphatic rings. The Bertz CT molecular complexity index is 498. The lowest BCUT2D eigenvalue weighted by atomic mass is 10.1. The Balaban J connectivity index is 2.08. The van der Waals surface area contributed by atoms with Crippen molar-refractivity contribution in [3.05, 3.63) is 34.3 Å². The topological polar surface area (TPSA) is 27.0 Å². The van der Waals surface area contributed by atoms with E-state index in [1.165, 1.54) is 32.1 Å². The van der Waals surface area contributed by atoms with Crippen molar-refractivity contribution in [3.8, 4) is 6.07 Å². The molecule has 0 unspecified atom stereocenters. The predicted octanol–water partition coefficient (Wildman–Crippen LogP) is 5.00. The average Bonchev–Trinajstić information content (AvgIpc) is 2.98. The molecule has 2 rings (SSSR count). The maximum atomic E-state index is 8.93. The van der Waals surface area contributed by atoms with E-state index in [0.29, 0.717) is 11.6 Å². The standard InChI is InChI=1S/C18H25ClN2/c1-14(2)9-10-21(17-5-3-4-6-17)13-16-8-7-15(12-20)11-18(16)19/h7-8,11,14,17H,3-6,9-10,13H2,1-2H3. The minimum atomic E-state index is 0.637. The second kappa shape index (κ2) is 7.82. The number of halogens is 1. The first-order valence-corrected chi connectivity index (χ1v) is 8.40. The van der Waals surface area contributed by atoms with E-state index in [9.17, 15) is 0 Å². The molecule has 3 heteroatoms. The molecule has 114 valence electrons. The van der Waals surface area contributed by atoms with Gasteiger partial charge in [0.15, 0.2) is 0 Å². The van der Waals surface area contributed by atoms with Gasteiger partial charge in [0.2, 0.25) is 0 Å². The molecule has 0 saturated heterocycles. The summed E-state index contributed by atoms with van der Waals surface area (Å²) in [7, 11) is 0. The van der Waals surface area contributed by atoms with Crippen molar-refractivity contribution in [2.75, 3.05) is 6.54 Å². The van der Waals surface area contributed by atoms with E-state index in [-0.39, 0.29) is 0 Å². The number of nitrogens with zero attached hydrogens (tertiary/aromatic N) is 2. The van der Waals surface area contributed by atoms with Gasteiger partial charge in [-0.3, -0.25) is 4.90 Å². The van der Waals surface area contributed by atoms with E-state index >= 15 is 0 Å². The van der Waals surface area contributed by atoms with Gasteiger partial charge >= 0.3 is 0 Å². The molecular weight excluding hydrogens is 280 g/mol. The summed E-state index contributed by atoms with van der Waals surface area (Å²) in [6, 6.07) is 8.52. The van der Waals surface area contributed by atoms with Crippen molar-refractivity contribution >= 4 is 11.6 Å². The van der Waals surface area contributed by atoms with Gasteiger partial charge in [-0.1, -0.05) is 44.4 Å². The van der Waals surface area contributed by atoms with E-state index in [1.807, 2.05) is 12.1 Å². The van der Waals surface area contributed by atoms with E-state index in [1.54, 1.807) is 6.07 Å². The molecule has 21 heavy (non-hydrogen) atoms. The highest BCUT2D eigenvalue weighted by Crippen LogP contribution is 2.27. The molecule has 1 aromatic rings. The molecule has 0 N–H and O–H groups in total. The normalized spacial score (nSPS) is 15.8. The van der Waals surface area contributed by atoms with Crippen molar-refractivity contribution in [1.82, 2.24) is 4.90 Å². The molecule has 1 aliphatic carbocycles. The fraction of sp³-hybridized carbons (Fsp3) is 0.611. The van der Waals surface area contributed by atoms with Gasteiger partial charge in [-0.05, 0) is 49.4 Å². The number of rotatable bonds is 6. The zero-order valence-corrected chi connectivity index (χ0v) is 13.9. The van der Waals surface area contributed by atoms with Crippen molar-refractivity contribution in [1.29, 1.82) is 5.26 Å². The van der Waals surface area contributed by atoms with Crippen molar-refractivity contribution in [2.24, 2.45) is 5.92 Å². The van der Waals surface area contributed by atoms with Crippen LogP contribution in [0.3, 0.4) is 0 Å². The Morgan fingerprint density at radius 3 is 2.62 bits per heavy atom. The van der Waals surface area contributed by atoms with Crippen LogP contribution in [0.15, 0.2) is 18.2 Å². The maximum absolute atomic E-state index is 8.93. The Labute approximate surface area is 133 Å². The molecule has 0 bridgehead atoms. The summed E-state index contributed by atoms with van der Waals surface area (Å²) < 4.78 is 0. The number of benzene rings is 1. The second-order valence-electron chi connectivity index (χ2n) is 6.51. The molecule has 0 amide bonds. The van der Waals surface area contributed by atoms with E-state index in [4.69, 9.17) is 16.9 Å². The van der Waals surface area contributed by atoms with Gasteiger partial charge in [0.25, 0.3) is 0 Å². The van der Waals surface area contributed by atoms with Crippen LogP contribution >= 0.6 is 11.6 Å². The molecular formula is C18H25ClN2. The lowest BCUT2D eigenvalue weighted by Gasteiger charge is -2.30. The van der Waals surface area contributed by atoms with Gasteiger partial charge in [0, 0.05) is 17.6 Å². The predicted molar refractivity (Wildman–Crippen MR) is 88.3 cm³/mol. The fourth-order valence-corrected chi connectivity index (χ4v) is 3.29. The summed E-state index contributed by atoms with van der Waals surface area (Å²) in [5.41, 5.74) is 1.78. The van der Waals surface area contributed by atoms with Crippen LogP contribution in [0.5, 0.6) is 0 Å². The Morgan fingerprint density at radius 2 is 2.05 bits per heavy atom. The highest BCUT2D eigenvalue weighted by molar-refractivity contribution is 6.31. The summed E-state index contributed by atoms with van der Waals surface area (Å²) in [5.74, 6) is 0.727. The molecule has 0 heterocycles. The van der Waals surface area contributed by atoms with Gasteiger partial charge in [-0.25, -0.2) is 0 Å². The van der Waals surface area contributed by atoms with Crippen LogP contribution < -0.4 is 0 Å². The summed E-state index contributed by atoms with van der Waals surface area (Å²) in [4.78, 5) is 2.60. The minimum Gasteiger partial charge on any atom is -0.296 e. The van der Waals surface area contributed by atoms with Crippen LogP contribution in [0.4, 0.5) is 0 Å². The highest BCUT2D eigenvalue weighted by atomic mass is 35.5. The summed E-state index contributed by atoms with van der Waals surface area (Å²) in [5, 5.41) is 9.66. The lowest BCUT2D eigenvalue weighted by molar-refractivity contribution is 0.179. The van der Waals surface area contributed by atoms with E-state index in [0.717, 1.165) is 29.6 Å². The zero-order valence-electron chi connectivity index (χ0n) is 13.1. The quantitative estimate of drug-likeness (QED) is 0.739. The molecule has 0 radical (unpaired) electrons. The van der Waals surface area contributed by atoms with Crippen LogP contribution in [0.1, 0.15) is 57.1 Å². The number of hydrogen-bond donors (Lipinski definition) is 0. The van der Waals surface area contributed by atoms with Gasteiger partial charge in [0.1, 0.15) is 0 Å². The first-order valence-electron chi connectivity index (χ1n) is 8.02. The van der Waals surface area contributed by atoms with Crippen LogP contribution in [-0.2, 0) is 6.54 Å². The lowest BCUT2D eigenvalue weighted by Crippen LogP contribution is -2.34. The molecule has 0 atom stereocenters. The van der Waals surface area contributed by atoms with Crippen LogP contribution in [0, 0.1) is 17.2 Å². The molecule has 0 spiro atoms. The van der Waals surface area contributed by atoms with E-state index < -0.39 is 0 Å². The van der Waals surface area contributed by atoms with E-state index in [2.05, 4.69) is 24.8 Å². The third-order valence-corrected chi connectivity index (χ3v) is 4.74. The first kappa shape index (κ1) is 16.3. The summed E-state index contributed by atoms with van der Waals surface area (Å²) in [6.45, 7) is 6.60. The third-order valence-electron chi connectivity index (χ3n) is 4.39. The molecule has 0 aromatic heterocycles. The van der Waals surface area contributed by atoms with Crippen LogP contribution in [-0.4, -0.2) is 17.5 Å². The first-order chi connectivity index (χ1) is 10.1. The Morgan fingerprint density at radius 1 is 1.33 bits per heavy atom. The van der Waals surface area contributed by atoms with Gasteiger partial charge in [0.05, 0.1) is 11.6 Å². The van der Waals surface area contributed by atoms with Gasteiger partial charge in [-0.2, -0.15) is 5.26 Å². The smallest absolute Gasteiger partial charge is 0.0992 e. The fourth-order valence-electron chi connectivity index (χ4n) is 3.05. The third kappa shape index (κ3) is 4.73. The van der Waals surface area contributed by atoms with Gasteiger partial charge in [-0.15, -0.1) is 0 Å². The average molecular weight is 305 g/mol. The monoisotopic (exact) mass is 304 g/mol. The maximum Gasteiger partial charge on any atom is 0.0992 e. The zero-order chi connectivity index (χ0) is 15.2. The highest BCUT2D eigenvalue weighted by Gasteiger charge is 2.23. The molecule has 2 nitrogen and oxygen atoms in total. The molecule has 1 fully saturated rings. The summed E-state index contributed by atoms with van der Waals surface area (Å²) >= 11 is 6.34. The Hall–Kier alpha value is -1.04. The summed E-state index contributed by atoms with van der Waals surface area (Å²) in [6.07, 6.45) is 6.55. The minimum absolute atomic E-state index is 0.637.